The average molecular weight is 322 g/mol. The van der Waals surface area contributed by atoms with Crippen LogP contribution in [0.25, 0.3) is 0 Å². The second-order valence-corrected chi connectivity index (χ2v) is 5.61. The Morgan fingerprint density at radius 1 is 1.43 bits per heavy atom. The van der Waals surface area contributed by atoms with Crippen LogP contribution in [0.5, 0.6) is 5.88 Å². The highest BCUT2D eigenvalue weighted by Gasteiger charge is 2.30. The van der Waals surface area contributed by atoms with Crippen LogP contribution in [0, 0.1) is 18.8 Å². The molecule has 1 aliphatic heterocycles. The Morgan fingerprint density at radius 2 is 2.13 bits per heavy atom. The Hall–Kier alpha value is -2.15. The first-order valence-electron chi connectivity index (χ1n) is 7.63. The molecule has 0 aromatic carbocycles. The van der Waals surface area contributed by atoms with Crippen molar-refractivity contribution in [2.75, 3.05) is 26.9 Å². The first-order chi connectivity index (χ1) is 11.0. The number of aliphatic carboxylic acids is 1. The highest BCUT2D eigenvalue weighted by Crippen LogP contribution is 2.24. The van der Waals surface area contributed by atoms with E-state index in [4.69, 9.17) is 9.47 Å². The van der Waals surface area contributed by atoms with Crippen molar-refractivity contribution in [3.63, 3.8) is 0 Å². The minimum Gasteiger partial charge on any atom is -0.481 e. The van der Waals surface area contributed by atoms with Gasteiger partial charge in [0.1, 0.15) is 5.56 Å². The quantitative estimate of drug-likeness (QED) is 0.818. The number of carboxylic acid groups (broad SMARTS) is 1. The number of ether oxygens (including phenoxy) is 2. The maximum atomic E-state index is 12.3. The van der Waals surface area contributed by atoms with Crippen LogP contribution in [0.2, 0.25) is 0 Å². The minimum atomic E-state index is -0.897. The first kappa shape index (κ1) is 17.2. The van der Waals surface area contributed by atoms with Gasteiger partial charge in [0.25, 0.3) is 5.91 Å². The predicted octanol–water partition coefficient (Wildman–Crippen LogP) is 1.26. The second kappa shape index (κ2) is 7.92. The molecule has 2 N–H and O–H groups in total. The minimum absolute atomic E-state index is 0.0135. The van der Waals surface area contributed by atoms with Crippen molar-refractivity contribution in [2.24, 2.45) is 11.8 Å². The van der Waals surface area contributed by atoms with Crippen molar-refractivity contribution >= 4 is 11.9 Å². The molecule has 0 spiro atoms. The van der Waals surface area contributed by atoms with E-state index < -0.39 is 11.9 Å². The number of hydrogen-bond acceptors (Lipinski definition) is 5. The molecule has 0 saturated carbocycles. The molecule has 1 atom stereocenters. The molecule has 126 valence electrons. The number of pyridine rings is 1. The smallest absolute Gasteiger partial charge is 0.308 e. The molecule has 1 aliphatic rings. The average Bonchev–Trinajstić information content (AvgIpc) is 2.55. The van der Waals surface area contributed by atoms with Crippen LogP contribution >= 0.6 is 0 Å². The summed E-state index contributed by atoms with van der Waals surface area (Å²) in [5, 5.41) is 12.1. The molecule has 1 aromatic rings. The Bertz CT molecular complexity index is 570. The first-order valence-corrected chi connectivity index (χ1v) is 7.63. The van der Waals surface area contributed by atoms with Gasteiger partial charge in [0.2, 0.25) is 5.88 Å². The van der Waals surface area contributed by atoms with Crippen LogP contribution in [0.15, 0.2) is 12.1 Å². The molecule has 1 aromatic heterocycles. The Kier molecular flexibility index (Phi) is 5.92. The molecule has 23 heavy (non-hydrogen) atoms. The number of hydrogen-bond donors (Lipinski definition) is 2. The molecule has 1 fully saturated rings. The van der Waals surface area contributed by atoms with Crippen LogP contribution in [0.4, 0.5) is 0 Å². The number of carboxylic acids is 1. The summed E-state index contributed by atoms with van der Waals surface area (Å²) in [7, 11) is 1.45. The van der Waals surface area contributed by atoms with Gasteiger partial charge >= 0.3 is 5.97 Å². The number of amides is 1. The Morgan fingerprint density at radius 3 is 2.74 bits per heavy atom. The maximum Gasteiger partial charge on any atom is 0.308 e. The van der Waals surface area contributed by atoms with E-state index in [1.807, 2.05) is 0 Å². The van der Waals surface area contributed by atoms with Gasteiger partial charge in [-0.25, -0.2) is 4.98 Å². The van der Waals surface area contributed by atoms with E-state index in [1.165, 1.54) is 7.11 Å². The van der Waals surface area contributed by atoms with Gasteiger partial charge in [0.15, 0.2) is 0 Å². The number of nitrogens with zero attached hydrogens (tertiary/aromatic N) is 1. The molecule has 1 amide bonds. The molecule has 1 saturated heterocycles. The fraction of sp³-hybridized carbons (Fsp3) is 0.562. The summed E-state index contributed by atoms with van der Waals surface area (Å²) >= 11 is 0. The second-order valence-electron chi connectivity index (χ2n) is 5.61. The molecule has 7 heteroatoms. The molecule has 2 rings (SSSR count). The van der Waals surface area contributed by atoms with Crippen molar-refractivity contribution in [1.29, 1.82) is 0 Å². The highest BCUT2D eigenvalue weighted by atomic mass is 16.5. The van der Waals surface area contributed by atoms with Crippen molar-refractivity contribution in [1.82, 2.24) is 10.3 Å². The molecule has 1 unspecified atom stereocenters. The highest BCUT2D eigenvalue weighted by molar-refractivity contribution is 5.96. The zero-order chi connectivity index (χ0) is 16.8. The van der Waals surface area contributed by atoms with Gasteiger partial charge in [-0.1, -0.05) is 0 Å². The van der Waals surface area contributed by atoms with Crippen molar-refractivity contribution in [2.45, 2.75) is 19.8 Å². The number of aromatic nitrogens is 1. The van der Waals surface area contributed by atoms with E-state index in [1.54, 1.807) is 19.1 Å². The number of nitrogens with one attached hydrogen (secondary N) is 1. The van der Waals surface area contributed by atoms with E-state index >= 15 is 0 Å². The van der Waals surface area contributed by atoms with Crippen molar-refractivity contribution in [3.8, 4) is 5.88 Å². The van der Waals surface area contributed by atoms with Gasteiger partial charge < -0.3 is 19.9 Å². The zero-order valence-electron chi connectivity index (χ0n) is 13.4. The maximum absolute atomic E-state index is 12.3. The lowest BCUT2D eigenvalue weighted by Gasteiger charge is -2.27. The fourth-order valence-electron chi connectivity index (χ4n) is 2.73. The van der Waals surface area contributed by atoms with E-state index in [2.05, 4.69) is 10.3 Å². The third kappa shape index (κ3) is 4.41. The van der Waals surface area contributed by atoms with Crippen LogP contribution in [-0.4, -0.2) is 48.8 Å². The number of methoxy groups -OCH3 is 1. The lowest BCUT2D eigenvalue weighted by Crippen LogP contribution is -2.39. The van der Waals surface area contributed by atoms with Gasteiger partial charge in [-0.3, -0.25) is 9.59 Å². The summed E-state index contributed by atoms with van der Waals surface area (Å²) in [6, 6.07) is 3.34. The van der Waals surface area contributed by atoms with Crippen molar-refractivity contribution in [3.05, 3.63) is 23.4 Å². The summed E-state index contributed by atoms with van der Waals surface area (Å²) < 4.78 is 10.4. The zero-order valence-corrected chi connectivity index (χ0v) is 13.4. The third-order valence-corrected chi connectivity index (χ3v) is 4.07. The van der Waals surface area contributed by atoms with E-state index in [0.717, 1.165) is 5.69 Å². The predicted molar refractivity (Wildman–Crippen MR) is 82.5 cm³/mol. The summed E-state index contributed by atoms with van der Waals surface area (Å²) in [5.74, 6) is -1.65. The molecular formula is C16H22N2O5. The topological polar surface area (TPSA) is 97.8 Å². The normalized spacial score (nSPS) is 16.6. The summed E-state index contributed by atoms with van der Waals surface area (Å²) in [5.41, 5.74) is 1.04. The lowest BCUT2D eigenvalue weighted by molar-refractivity contribution is -0.144. The molecule has 0 aliphatic carbocycles. The Labute approximate surface area is 135 Å². The third-order valence-electron chi connectivity index (χ3n) is 4.07. The number of carbonyl (C=O) groups is 2. The number of carbonyl (C=O) groups excluding carboxylic acids is 1. The molecule has 0 bridgehead atoms. The van der Waals surface area contributed by atoms with Crippen LogP contribution in [0.3, 0.4) is 0 Å². The van der Waals surface area contributed by atoms with Gasteiger partial charge in [0, 0.05) is 25.5 Å². The van der Waals surface area contributed by atoms with Gasteiger partial charge in [-0.2, -0.15) is 0 Å². The molecular weight excluding hydrogens is 300 g/mol. The Balaban J connectivity index is 2.02. The largest absolute Gasteiger partial charge is 0.481 e. The summed E-state index contributed by atoms with van der Waals surface area (Å²) in [6.45, 7) is 3.02. The standard InChI is InChI=1S/C16H22N2O5/c1-10-3-4-12(15(18-10)22-2)14(19)17-9-13(16(20)21)11-5-7-23-8-6-11/h3-4,11,13H,5-9H2,1-2H3,(H,17,19)(H,20,21). The van der Waals surface area contributed by atoms with Crippen LogP contribution < -0.4 is 10.1 Å². The van der Waals surface area contributed by atoms with Crippen LogP contribution in [-0.2, 0) is 9.53 Å². The van der Waals surface area contributed by atoms with E-state index in [0.29, 0.717) is 31.6 Å². The van der Waals surface area contributed by atoms with E-state index in [-0.39, 0.29) is 24.2 Å². The summed E-state index contributed by atoms with van der Waals surface area (Å²) in [4.78, 5) is 27.9. The molecule has 0 radical (unpaired) electrons. The van der Waals surface area contributed by atoms with Crippen LogP contribution in [0.1, 0.15) is 28.9 Å². The van der Waals surface area contributed by atoms with Gasteiger partial charge in [-0.05, 0) is 37.8 Å². The number of aryl methyl sites for hydroxylation is 1. The van der Waals surface area contributed by atoms with Gasteiger partial charge in [0.05, 0.1) is 13.0 Å². The molecule has 7 nitrogen and oxygen atoms in total. The fourth-order valence-corrected chi connectivity index (χ4v) is 2.73. The molecule has 2 heterocycles. The monoisotopic (exact) mass is 322 g/mol. The van der Waals surface area contributed by atoms with E-state index in [9.17, 15) is 14.7 Å². The lowest BCUT2D eigenvalue weighted by atomic mass is 9.86. The number of rotatable bonds is 6. The summed E-state index contributed by atoms with van der Waals surface area (Å²) in [6.07, 6.45) is 1.39. The van der Waals surface area contributed by atoms with Gasteiger partial charge in [-0.15, -0.1) is 0 Å². The SMILES string of the molecule is COc1nc(C)ccc1C(=O)NCC(C(=O)O)C1CCOCC1. The van der Waals surface area contributed by atoms with Crippen molar-refractivity contribution < 1.29 is 24.2 Å².